The van der Waals surface area contributed by atoms with Crippen LogP contribution in [0.5, 0.6) is 0 Å². The topological polar surface area (TPSA) is 78.5 Å². The molecule has 0 saturated carbocycles. The Morgan fingerprint density at radius 1 is 1.25 bits per heavy atom. The third-order valence-corrected chi connectivity index (χ3v) is 5.97. The molecular weight excluding hydrogens is 280 g/mol. The van der Waals surface area contributed by atoms with Crippen molar-refractivity contribution in [2.45, 2.75) is 18.8 Å². The molecule has 2 aliphatic rings. The zero-order valence-electron chi connectivity index (χ0n) is 11.4. The van der Waals surface area contributed by atoms with Gasteiger partial charge in [0, 0.05) is 44.0 Å². The SMILES string of the molecule is O=S(=O)(N1CCOCC1)N1CCCC(c2ccn[nH]2)C1. The van der Waals surface area contributed by atoms with Crippen molar-refractivity contribution in [3.05, 3.63) is 18.0 Å². The van der Waals surface area contributed by atoms with E-state index in [1.54, 1.807) is 10.5 Å². The Hall–Kier alpha value is -0.960. The smallest absolute Gasteiger partial charge is 0.282 e. The van der Waals surface area contributed by atoms with E-state index in [4.69, 9.17) is 4.74 Å². The van der Waals surface area contributed by atoms with Crippen molar-refractivity contribution in [3.63, 3.8) is 0 Å². The Labute approximate surface area is 119 Å². The largest absolute Gasteiger partial charge is 0.379 e. The molecule has 112 valence electrons. The predicted molar refractivity (Wildman–Crippen MR) is 73.4 cm³/mol. The number of piperidine rings is 1. The van der Waals surface area contributed by atoms with Gasteiger partial charge >= 0.3 is 0 Å². The van der Waals surface area contributed by atoms with Crippen molar-refractivity contribution in [1.82, 2.24) is 18.8 Å². The molecule has 2 fully saturated rings. The number of hydrogen-bond donors (Lipinski definition) is 1. The molecule has 0 bridgehead atoms. The molecule has 0 aliphatic carbocycles. The number of H-pyrrole nitrogens is 1. The number of nitrogens with zero attached hydrogens (tertiary/aromatic N) is 3. The number of ether oxygens (including phenoxy) is 1. The molecule has 1 atom stereocenters. The molecule has 0 aromatic carbocycles. The number of rotatable bonds is 3. The Bertz CT molecular complexity index is 525. The average molecular weight is 300 g/mol. The molecule has 1 N–H and O–H groups in total. The highest BCUT2D eigenvalue weighted by molar-refractivity contribution is 7.86. The summed E-state index contributed by atoms with van der Waals surface area (Å²) in [4.78, 5) is 0. The van der Waals surface area contributed by atoms with Gasteiger partial charge in [-0.1, -0.05) is 0 Å². The minimum Gasteiger partial charge on any atom is -0.379 e. The van der Waals surface area contributed by atoms with Crippen molar-refractivity contribution >= 4 is 10.2 Å². The van der Waals surface area contributed by atoms with E-state index in [9.17, 15) is 8.42 Å². The van der Waals surface area contributed by atoms with Crippen LogP contribution in [0.2, 0.25) is 0 Å². The zero-order valence-corrected chi connectivity index (χ0v) is 12.2. The summed E-state index contributed by atoms with van der Waals surface area (Å²) in [6, 6.07) is 1.93. The van der Waals surface area contributed by atoms with Gasteiger partial charge in [0.1, 0.15) is 0 Å². The number of hydrogen-bond acceptors (Lipinski definition) is 4. The molecule has 20 heavy (non-hydrogen) atoms. The summed E-state index contributed by atoms with van der Waals surface area (Å²) in [6.07, 6.45) is 3.59. The summed E-state index contributed by atoms with van der Waals surface area (Å²) in [6.45, 7) is 3.00. The van der Waals surface area contributed by atoms with Gasteiger partial charge in [0.25, 0.3) is 10.2 Å². The van der Waals surface area contributed by atoms with E-state index in [0.29, 0.717) is 39.4 Å². The Morgan fingerprint density at radius 3 is 2.75 bits per heavy atom. The van der Waals surface area contributed by atoms with Gasteiger partial charge in [-0.3, -0.25) is 5.10 Å². The highest BCUT2D eigenvalue weighted by atomic mass is 32.2. The molecule has 2 aliphatic heterocycles. The van der Waals surface area contributed by atoms with E-state index < -0.39 is 10.2 Å². The average Bonchev–Trinajstić information content (AvgIpc) is 3.03. The van der Waals surface area contributed by atoms with E-state index in [1.165, 1.54) is 4.31 Å². The molecule has 3 rings (SSSR count). The van der Waals surface area contributed by atoms with E-state index in [-0.39, 0.29) is 5.92 Å². The third kappa shape index (κ3) is 2.73. The lowest BCUT2D eigenvalue weighted by Gasteiger charge is -2.36. The molecule has 2 saturated heterocycles. The van der Waals surface area contributed by atoms with Crippen LogP contribution in [0.3, 0.4) is 0 Å². The van der Waals surface area contributed by atoms with Gasteiger partial charge in [-0.05, 0) is 18.9 Å². The molecule has 1 aromatic rings. The first kappa shape index (κ1) is 14.0. The molecular formula is C12H20N4O3S. The maximum atomic E-state index is 12.6. The molecule has 1 aromatic heterocycles. The highest BCUT2D eigenvalue weighted by Crippen LogP contribution is 2.27. The molecule has 3 heterocycles. The fraction of sp³-hybridized carbons (Fsp3) is 0.750. The van der Waals surface area contributed by atoms with E-state index >= 15 is 0 Å². The minimum absolute atomic E-state index is 0.210. The summed E-state index contributed by atoms with van der Waals surface area (Å²) in [5, 5.41) is 6.91. The van der Waals surface area contributed by atoms with Crippen LogP contribution < -0.4 is 0 Å². The second-order valence-corrected chi connectivity index (χ2v) is 7.16. The maximum absolute atomic E-state index is 12.6. The Balaban J connectivity index is 1.72. The van der Waals surface area contributed by atoms with Gasteiger partial charge in [-0.25, -0.2) is 0 Å². The van der Waals surface area contributed by atoms with Gasteiger partial charge in [0.15, 0.2) is 0 Å². The first-order chi connectivity index (χ1) is 9.68. The van der Waals surface area contributed by atoms with Gasteiger partial charge in [0.05, 0.1) is 13.2 Å². The fourth-order valence-corrected chi connectivity index (χ4v) is 4.51. The van der Waals surface area contributed by atoms with Crippen molar-refractivity contribution < 1.29 is 13.2 Å². The third-order valence-electron chi connectivity index (χ3n) is 3.97. The van der Waals surface area contributed by atoms with Crippen molar-refractivity contribution in [1.29, 1.82) is 0 Å². The summed E-state index contributed by atoms with van der Waals surface area (Å²) in [7, 11) is -3.36. The molecule has 0 spiro atoms. The lowest BCUT2D eigenvalue weighted by atomic mass is 9.96. The van der Waals surface area contributed by atoms with Crippen LogP contribution in [0.1, 0.15) is 24.5 Å². The summed E-state index contributed by atoms with van der Waals surface area (Å²) >= 11 is 0. The van der Waals surface area contributed by atoms with E-state index in [0.717, 1.165) is 18.5 Å². The van der Waals surface area contributed by atoms with E-state index in [1.807, 2.05) is 6.07 Å². The lowest BCUT2D eigenvalue weighted by Crippen LogP contribution is -2.51. The van der Waals surface area contributed by atoms with Crippen LogP contribution in [-0.2, 0) is 14.9 Å². The predicted octanol–water partition coefficient (Wildman–Crippen LogP) is 0.166. The fourth-order valence-electron chi connectivity index (χ4n) is 2.84. The number of aromatic amines is 1. The first-order valence-corrected chi connectivity index (χ1v) is 8.40. The van der Waals surface area contributed by atoms with Crippen LogP contribution in [0.25, 0.3) is 0 Å². The number of nitrogens with one attached hydrogen (secondary N) is 1. The van der Waals surface area contributed by atoms with Crippen LogP contribution >= 0.6 is 0 Å². The Morgan fingerprint density at radius 2 is 2.05 bits per heavy atom. The van der Waals surface area contributed by atoms with Gasteiger partial charge in [-0.15, -0.1) is 0 Å². The van der Waals surface area contributed by atoms with Crippen molar-refractivity contribution in [2.24, 2.45) is 0 Å². The van der Waals surface area contributed by atoms with Crippen LogP contribution in [0.15, 0.2) is 12.3 Å². The second-order valence-electron chi connectivity index (χ2n) is 5.23. The van der Waals surface area contributed by atoms with Crippen LogP contribution in [0, 0.1) is 0 Å². The molecule has 8 heteroatoms. The molecule has 1 unspecified atom stereocenters. The van der Waals surface area contributed by atoms with Gasteiger partial charge in [0.2, 0.25) is 0 Å². The maximum Gasteiger partial charge on any atom is 0.282 e. The quantitative estimate of drug-likeness (QED) is 0.863. The zero-order chi connectivity index (χ0) is 14.0. The normalized spacial score (nSPS) is 26.7. The van der Waals surface area contributed by atoms with Crippen molar-refractivity contribution in [2.75, 3.05) is 39.4 Å². The Kier molecular flexibility index (Phi) is 4.06. The summed E-state index contributed by atoms with van der Waals surface area (Å²) in [5.74, 6) is 0.210. The monoisotopic (exact) mass is 300 g/mol. The minimum atomic E-state index is -3.36. The van der Waals surface area contributed by atoms with E-state index in [2.05, 4.69) is 10.2 Å². The first-order valence-electron chi connectivity index (χ1n) is 7.00. The summed E-state index contributed by atoms with van der Waals surface area (Å²) in [5.41, 5.74) is 1.02. The van der Waals surface area contributed by atoms with Gasteiger partial charge in [-0.2, -0.15) is 22.1 Å². The van der Waals surface area contributed by atoms with Crippen molar-refractivity contribution in [3.8, 4) is 0 Å². The second kappa shape index (κ2) is 5.80. The molecule has 7 nitrogen and oxygen atoms in total. The molecule has 0 radical (unpaired) electrons. The van der Waals surface area contributed by atoms with Crippen LogP contribution in [-0.4, -0.2) is 66.6 Å². The lowest BCUT2D eigenvalue weighted by molar-refractivity contribution is 0.0695. The summed E-state index contributed by atoms with van der Waals surface area (Å²) < 4.78 is 33.6. The standard InChI is InChI=1S/C12H20N4O3S/c17-20(18,15-6-8-19-9-7-15)16-5-1-2-11(10-16)12-3-4-13-14-12/h3-4,11H,1-2,5-10H2,(H,13,14). The number of aromatic nitrogens is 2. The highest BCUT2D eigenvalue weighted by Gasteiger charge is 2.35. The van der Waals surface area contributed by atoms with Gasteiger partial charge < -0.3 is 4.74 Å². The number of morpholine rings is 1. The van der Waals surface area contributed by atoms with Crippen LogP contribution in [0.4, 0.5) is 0 Å². The molecule has 0 amide bonds.